The van der Waals surface area contributed by atoms with Crippen LogP contribution in [-0.2, 0) is 17.8 Å². The lowest BCUT2D eigenvalue weighted by Crippen LogP contribution is -2.24. The zero-order valence-corrected chi connectivity index (χ0v) is 14.7. The van der Waals surface area contributed by atoms with Crippen LogP contribution in [-0.4, -0.2) is 10.9 Å². The molecule has 3 rings (SSSR count). The Morgan fingerprint density at radius 2 is 1.75 bits per heavy atom. The highest BCUT2D eigenvalue weighted by Gasteiger charge is 2.12. The fourth-order valence-electron chi connectivity index (χ4n) is 2.50. The van der Waals surface area contributed by atoms with Crippen LogP contribution in [0.1, 0.15) is 21.0 Å². The van der Waals surface area contributed by atoms with Crippen LogP contribution in [0, 0.1) is 13.8 Å². The van der Waals surface area contributed by atoms with Crippen LogP contribution in [0.25, 0.3) is 11.3 Å². The standard InChI is InChI=1S/C20H20N2OS/c1-14-8-10-17(11-9-14)20-15(2)24-19(22-20)12-18(23)21-13-16-6-4-3-5-7-16/h3-11H,12-13H2,1-2H3,(H,21,23). The van der Waals surface area contributed by atoms with Gasteiger partial charge in [-0.2, -0.15) is 0 Å². The van der Waals surface area contributed by atoms with Crippen LogP contribution in [0.5, 0.6) is 0 Å². The average Bonchev–Trinajstić information content (AvgIpc) is 2.95. The molecule has 1 amide bonds. The Labute approximate surface area is 146 Å². The Morgan fingerprint density at radius 1 is 1.04 bits per heavy atom. The predicted molar refractivity (Wildman–Crippen MR) is 99.0 cm³/mol. The molecule has 0 bridgehead atoms. The van der Waals surface area contributed by atoms with Gasteiger partial charge in [0.2, 0.25) is 5.91 Å². The number of carbonyl (C=O) groups is 1. The molecule has 0 saturated carbocycles. The molecule has 2 aromatic carbocycles. The van der Waals surface area contributed by atoms with Crippen molar-refractivity contribution in [3.8, 4) is 11.3 Å². The molecule has 1 heterocycles. The molecular formula is C20H20N2OS. The van der Waals surface area contributed by atoms with Crippen LogP contribution < -0.4 is 5.32 Å². The minimum Gasteiger partial charge on any atom is -0.352 e. The number of aromatic nitrogens is 1. The van der Waals surface area contributed by atoms with Gasteiger partial charge in [-0.05, 0) is 19.4 Å². The summed E-state index contributed by atoms with van der Waals surface area (Å²) >= 11 is 1.59. The SMILES string of the molecule is Cc1ccc(-c2nc(CC(=O)NCc3ccccc3)sc2C)cc1. The second-order valence-corrected chi connectivity index (χ2v) is 7.11. The quantitative estimate of drug-likeness (QED) is 0.755. The second kappa shape index (κ2) is 7.41. The number of nitrogens with zero attached hydrogens (tertiary/aromatic N) is 1. The predicted octanol–water partition coefficient (Wildman–Crippen LogP) is 4.29. The summed E-state index contributed by atoms with van der Waals surface area (Å²) in [5.74, 6) is 0.00283. The fraction of sp³-hybridized carbons (Fsp3) is 0.200. The van der Waals surface area contributed by atoms with Gasteiger partial charge >= 0.3 is 0 Å². The van der Waals surface area contributed by atoms with E-state index >= 15 is 0 Å². The van der Waals surface area contributed by atoms with Gasteiger partial charge < -0.3 is 5.32 Å². The Morgan fingerprint density at radius 3 is 2.46 bits per heavy atom. The van der Waals surface area contributed by atoms with E-state index < -0.39 is 0 Å². The summed E-state index contributed by atoms with van der Waals surface area (Å²) in [5, 5.41) is 3.81. The number of carbonyl (C=O) groups excluding carboxylic acids is 1. The summed E-state index contributed by atoms with van der Waals surface area (Å²) in [6.07, 6.45) is 0.324. The smallest absolute Gasteiger partial charge is 0.227 e. The highest BCUT2D eigenvalue weighted by atomic mass is 32.1. The summed E-state index contributed by atoms with van der Waals surface area (Å²) in [4.78, 5) is 17.9. The van der Waals surface area contributed by atoms with E-state index in [1.54, 1.807) is 11.3 Å². The number of benzene rings is 2. The van der Waals surface area contributed by atoms with E-state index in [2.05, 4.69) is 48.4 Å². The van der Waals surface area contributed by atoms with Gasteiger partial charge in [0.15, 0.2) is 0 Å². The maximum atomic E-state index is 12.1. The van der Waals surface area contributed by atoms with Crippen molar-refractivity contribution in [2.45, 2.75) is 26.8 Å². The zero-order chi connectivity index (χ0) is 16.9. The Kier molecular flexibility index (Phi) is 5.06. The third kappa shape index (κ3) is 4.09. The maximum absolute atomic E-state index is 12.1. The van der Waals surface area contributed by atoms with E-state index in [0.29, 0.717) is 13.0 Å². The van der Waals surface area contributed by atoms with Gasteiger partial charge in [0.05, 0.1) is 12.1 Å². The lowest BCUT2D eigenvalue weighted by Gasteiger charge is -2.03. The van der Waals surface area contributed by atoms with E-state index in [9.17, 15) is 4.79 Å². The lowest BCUT2D eigenvalue weighted by molar-refractivity contribution is -0.120. The summed E-state index contributed by atoms with van der Waals surface area (Å²) < 4.78 is 0. The van der Waals surface area contributed by atoms with Crippen LogP contribution in [0.3, 0.4) is 0 Å². The first-order valence-corrected chi connectivity index (χ1v) is 8.77. The number of nitrogens with one attached hydrogen (secondary N) is 1. The molecule has 1 N–H and O–H groups in total. The monoisotopic (exact) mass is 336 g/mol. The van der Waals surface area contributed by atoms with Crippen LogP contribution in [0.2, 0.25) is 0 Å². The Bertz CT molecular complexity index is 823. The number of amides is 1. The van der Waals surface area contributed by atoms with Crippen LogP contribution in [0.15, 0.2) is 54.6 Å². The topological polar surface area (TPSA) is 42.0 Å². The first kappa shape index (κ1) is 16.4. The highest BCUT2D eigenvalue weighted by Crippen LogP contribution is 2.28. The minimum absolute atomic E-state index is 0.00283. The summed E-state index contributed by atoms with van der Waals surface area (Å²) in [7, 11) is 0. The normalized spacial score (nSPS) is 10.6. The summed E-state index contributed by atoms with van der Waals surface area (Å²) in [6.45, 7) is 4.67. The molecule has 0 atom stereocenters. The first-order valence-electron chi connectivity index (χ1n) is 7.96. The molecule has 0 aliphatic rings. The second-order valence-electron chi connectivity index (χ2n) is 5.82. The highest BCUT2D eigenvalue weighted by molar-refractivity contribution is 7.12. The van der Waals surface area contributed by atoms with E-state index in [4.69, 9.17) is 0 Å². The molecule has 4 heteroatoms. The number of hydrogen-bond acceptors (Lipinski definition) is 3. The molecule has 0 aliphatic heterocycles. The summed E-state index contributed by atoms with van der Waals surface area (Å²) in [5.41, 5.74) is 4.41. The van der Waals surface area contributed by atoms with Gasteiger partial charge in [0, 0.05) is 17.0 Å². The third-order valence-corrected chi connectivity index (χ3v) is 4.78. The van der Waals surface area contributed by atoms with E-state index in [-0.39, 0.29) is 5.91 Å². The van der Waals surface area contributed by atoms with E-state index in [0.717, 1.165) is 26.7 Å². The molecule has 3 aromatic rings. The van der Waals surface area contributed by atoms with Crippen LogP contribution in [0.4, 0.5) is 0 Å². The van der Waals surface area contributed by atoms with Crippen molar-refractivity contribution < 1.29 is 4.79 Å². The third-order valence-electron chi connectivity index (χ3n) is 3.81. The van der Waals surface area contributed by atoms with Crippen LogP contribution >= 0.6 is 11.3 Å². The van der Waals surface area contributed by atoms with E-state index in [1.807, 2.05) is 30.3 Å². The van der Waals surface area contributed by atoms with E-state index in [1.165, 1.54) is 5.56 Å². The Balaban J connectivity index is 1.64. The maximum Gasteiger partial charge on any atom is 0.227 e. The Hall–Kier alpha value is -2.46. The van der Waals surface area contributed by atoms with Crippen molar-refractivity contribution in [2.75, 3.05) is 0 Å². The molecule has 0 spiro atoms. The molecular weight excluding hydrogens is 316 g/mol. The molecule has 122 valence electrons. The average molecular weight is 336 g/mol. The van der Waals surface area contributed by atoms with Crippen molar-refractivity contribution in [1.29, 1.82) is 0 Å². The van der Waals surface area contributed by atoms with Crippen molar-refractivity contribution in [3.63, 3.8) is 0 Å². The van der Waals surface area contributed by atoms with Gasteiger partial charge in [-0.1, -0.05) is 60.2 Å². The molecule has 0 radical (unpaired) electrons. The van der Waals surface area contributed by atoms with Crippen molar-refractivity contribution in [2.24, 2.45) is 0 Å². The largest absolute Gasteiger partial charge is 0.352 e. The molecule has 0 unspecified atom stereocenters. The minimum atomic E-state index is 0.00283. The lowest BCUT2D eigenvalue weighted by atomic mass is 10.1. The van der Waals surface area contributed by atoms with Gasteiger partial charge in [0.25, 0.3) is 0 Å². The number of thiazole rings is 1. The summed E-state index contributed by atoms with van der Waals surface area (Å²) in [6, 6.07) is 18.2. The van der Waals surface area contributed by atoms with Gasteiger partial charge in [-0.25, -0.2) is 4.98 Å². The molecule has 0 aliphatic carbocycles. The molecule has 0 saturated heterocycles. The number of rotatable bonds is 5. The molecule has 0 fully saturated rings. The molecule has 3 nitrogen and oxygen atoms in total. The molecule has 24 heavy (non-hydrogen) atoms. The van der Waals surface area contributed by atoms with Crippen molar-refractivity contribution >= 4 is 17.2 Å². The van der Waals surface area contributed by atoms with Crippen molar-refractivity contribution in [1.82, 2.24) is 10.3 Å². The van der Waals surface area contributed by atoms with Gasteiger partial charge in [-0.15, -0.1) is 11.3 Å². The van der Waals surface area contributed by atoms with Gasteiger partial charge in [0.1, 0.15) is 5.01 Å². The first-order chi connectivity index (χ1) is 11.6. The van der Waals surface area contributed by atoms with Crippen molar-refractivity contribution in [3.05, 3.63) is 75.6 Å². The van der Waals surface area contributed by atoms with Gasteiger partial charge in [-0.3, -0.25) is 4.79 Å². The zero-order valence-electron chi connectivity index (χ0n) is 13.9. The molecule has 1 aromatic heterocycles. The number of aryl methyl sites for hydroxylation is 2. The number of hydrogen-bond donors (Lipinski definition) is 1. The fourth-order valence-corrected chi connectivity index (χ4v) is 3.46.